The van der Waals surface area contributed by atoms with Crippen molar-refractivity contribution in [2.24, 2.45) is 0 Å². The van der Waals surface area contributed by atoms with E-state index in [-0.39, 0.29) is 18.2 Å². The summed E-state index contributed by atoms with van der Waals surface area (Å²) in [6.07, 6.45) is 0.286. The van der Waals surface area contributed by atoms with E-state index in [0.717, 1.165) is 11.1 Å². The molecular formula is C22H28N2O2. The molecule has 0 spiro atoms. The minimum atomic E-state index is -0.527. The maximum atomic E-state index is 13.0. The average Bonchev–Trinajstić information content (AvgIpc) is 2.63. The monoisotopic (exact) mass is 352 g/mol. The Morgan fingerprint density at radius 3 is 2.15 bits per heavy atom. The van der Waals surface area contributed by atoms with Crippen LogP contribution >= 0.6 is 0 Å². The molecule has 0 heterocycles. The summed E-state index contributed by atoms with van der Waals surface area (Å²) >= 11 is 0. The molecule has 26 heavy (non-hydrogen) atoms. The molecule has 1 N–H and O–H groups in total. The van der Waals surface area contributed by atoms with Gasteiger partial charge in [-0.25, -0.2) is 0 Å². The number of likely N-dealkylation sites (N-methyl/N-ethyl adjacent to an activating group) is 1. The number of rotatable bonds is 6. The minimum absolute atomic E-state index is 0.0510. The number of carbonyl (C=O) groups is 2. The lowest BCUT2D eigenvalue weighted by Crippen LogP contribution is -2.47. The summed E-state index contributed by atoms with van der Waals surface area (Å²) in [4.78, 5) is 26.8. The number of nitrogens with zero attached hydrogens (tertiary/aromatic N) is 1. The third kappa shape index (κ3) is 4.94. The van der Waals surface area contributed by atoms with E-state index in [2.05, 4.69) is 12.2 Å². The highest BCUT2D eigenvalue weighted by Gasteiger charge is 2.25. The molecule has 0 radical (unpaired) electrons. The Kier molecular flexibility index (Phi) is 6.56. The number of nitrogens with one attached hydrogen (secondary N) is 1. The van der Waals surface area contributed by atoms with Crippen molar-refractivity contribution in [3.8, 4) is 0 Å². The van der Waals surface area contributed by atoms with Crippen LogP contribution in [0.25, 0.3) is 0 Å². The highest BCUT2D eigenvalue weighted by Crippen LogP contribution is 2.15. The summed E-state index contributed by atoms with van der Waals surface area (Å²) in [7, 11) is 1.59. The molecule has 0 saturated carbocycles. The van der Waals surface area contributed by atoms with E-state index in [4.69, 9.17) is 0 Å². The summed E-state index contributed by atoms with van der Waals surface area (Å²) in [5.74, 6) is -0.213. The van der Waals surface area contributed by atoms with Crippen molar-refractivity contribution in [3.63, 3.8) is 0 Å². The molecule has 0 aliphatic heterocycles. The van der Waals surface area contributed by atoms with E-state index in [1.165, 1.54) is 16.7 Å². The van der Waals surface area contributed by atoms with Crippen LogP contribution < -0.4 is 5.32 Å². The van der Waals surface area contributed by atoms with Crippen LogP contribution in [0.1, 0.15) is 34.7 Å². The molecule has 2 amide bonds. The fraction of sp³-hybridized carbons (Fsp3) is 0.364. The highest BCUT2D eigenvalue weighted by molar-refractivity contribution is 5.88. The molecule has 4 nitrogen and oxygen atoms in total. The quantitative estimate of drug-likeness (QED) is 0.867. The van der Waals surface area contributed by atoms with Gasteiger partial charge in [0.15, 0.2) is 0 Å². The number of hydrogen-bond donors (Lipinski definition) is 1. The van der Waals surface area contributed by atoms with Crippen LogP contribution in [-0.2, 0) is 22.6 Å². The number of carbonyl (C=O) groups excluding carboxylic acids is 2. The van der Waals surface area contributed by atoms with Crippen LogP contribution in [0.2, 0.25) is 0 Å². The van der Waals surface area contributed by atoms with Gasteiger partial charge in [0.25, 0.3) is 0 Å². The van der Waals surface area contributed by atoms with Crippen molar-refractivity contribution in [2.75, 3.05) is 7.05 Å². The van der Waals surface area contributed by atoms with Crippen molar-refractivity contribution >= 4 is 11.8 Å². The van der Waals surface area contributed by atoms with Crippen LogP contribution in [-0.4, -0.2) is 29.8 Å². The van der Waals surface area contributed by atoms with Gasteiger partial charge in [-0.15, -0.1) is 0 Å². The van der Waals surface area contributed by atoms with Gasteiger partial charge in [0.2, 0.25) is 11.8 Å². The van der Waals surface area contributed by atoms with Crippen LogP contribution in [0.3, 0.4) is 0 Å². The fourth-order valence-corrected chi connectivity index (χ4v) is 2.87. The zero-order chi connectivity index (χ0) is 19.3. The second kappa shape index (κ2) is 8.65. The molecule has 0 saturated heterocycles. The maximum absolute atomic E-state index is 13.0. The molecule has 2 aromatic carbocycles. The maximum Gasteiger partial charge on any atom is 0.242 e. The number of amides is 2. The standard InChI is InChI=1S/C22H28N2O2/c1-15-6-9-19(10-7-15)14-24(18(4)22(26)23-5)21(25)13-20-11-8-16(2)17(3)12-20/h6-12,18H,13-14H2,1-5H3,(H,23,26)/t18-/m1/s1. The van der Waals surface area contributed by atoms with Gasteiger partial charge in [0.05, 0.1) is 6.42 Å². The third-order valence-electron chi connectivity index (χ3n) is 4.81. The Bertz CT molecular complexity index is 781. The summed E-state index contributed by atoms with van der Waals surface area (Å²) in [6.45, 7) is 8.31. The van der Waals surface area contributed by atoms with Crippen LogP contribution in [0.15, 0.2) is 42.5 Å². The van der Waals surface area contributed by atoms with E-state index >= 15 is 0 Å². The van der Waals surface area contributed by atoms with Crippen LogP contribution in [0.5, 0.6) is 0 Å². The molecule has 138 valence electrons. The molecule has 0 unspecified atom stereocenters. The Balaban J connectivity index is 2.23. The first-order chi connectivity index (χ1) is 12.3. The zero-order valence-electron chi connectivity index (χ0n) is 16.3. The van der Waals surface area contributed by atoms with E-state index in [9.17, 15) is 9.59 Å². The predicted octanol–water partition coefficient (Wildman–Crippen LogP) is 3.32. The second-order valence-electron chi connectivity index (χ2n) is 6.89. The van der Waals surface area contributed by atoms with Crippen molar-refractivity contribution in [2.45, 2.75) is 46.7 Å². The average molecular weight is 352 g/mol. The Hall–Kier alpha value is -2.62. The first-order valence-electron chi connectivity index (χ1n) is 8.94. The number of aryl methyl sites for hydroxylation is 3. The highest BCUT2D eigenvalue weighted by atomic mass is 16.2. The Morgan fingerprint density at radius 2 is 1.58 bits per heavy atom. The van der Waals surface area contributed by atoms with Crippen molar-refractivity contribution < 1.29 is 9.59 Å². The molecule has 1 atom stereocenters. The van der Waals surface area contributed by atoms with E-state index in [1.807, 2.05) is 56.3 Å². The summed E-state index contributed by atoms with van der Waals surface area (Å²) in [6, 6.07) is 13.6. The third-order valence-corrected chi connectivity index (χ3v) is 4.81. The molecule has 0 aliphatic carbocycles. The van der Waals surface area contributed by atoms with Gasteiger partial charge in [-0.1, -0.05) is 48.0 Å². The van der Waals surface area contributed by atoms with Gasteiger partial charge in [-0.2, -0.15) is 0 Å². The normalized spacial score (nSPS) is 11.7. The lowest BCUT2D eigenvalue weighted by Gasteiger charge is -2.28. The molecule has 4 heteroatoms. The van der Waals surface area contributed by atoms with Gasteiger partial charge < -0.3 is 10.2 Å². The second-order valence-corrected chi connectivity index (χ2v) is 6.89. The van der Waals surface area contributed by atoms with Crippen LogP contribution in [0, 0.1) is 20.8 Å². The molecular weight excluding hydrogens is 324 g/mol. The molecule has 0 aromatic heterocycles. The van der Waals surface area contributed by atoms with Gasteiger partial charge in [0, 0.05) is 13.6 Å². The molecule has 0 bridgehead atoms. The summed E-state index contributed by atoms with van der Waals surface area (Å²) < 4.78 is 0. The van der Waals surface area contributed by atoms with Gasteiger partial charge >= 0.3 is 0 Å². The smallest absolute Gasteiger partial charge is 0.242 e. The zero-order valence-corrected chi connectivity index (χ0v) is 16.3. The first-order valence-corrected chi connectivity index (χ1v) is 8.94. The number of benzene rings is 2. The summed E-state index contributed by atoms with van der Waals surface area (Å²) in [5.41, 5.74) is 5.52. The topological polar surface area (TPSA) is 49.4 Å². The summed E-state index contributed by atoms with van der Waals surface area (Å²) in [5, 5.41) is 2.64. The molecule has 0 aliphatic rings. The van der Waals surface area contributed by atoms with E-state index in [1.54, 1.807) is 18.9 Å². The minimum Gasteiger partial charge on any atom is -0.357 e. The van der Waals surface area contributed by atoms with Gasteiger partial charge in [0.1, 0.15) is 6.04 Å². The van der Waals surface area contributed by atoms with Gasteiger partial charge in [-0.05, 0) is 49.9 Å². The fourth-order valence-electron chi connectivity index (χ4n) is 2.87. The molecule has 2 rings (SSSR count). The van der Waals surface area contributed by atoms with Crippen molar-refractivity contribution in [1.29, 1.82) is 0 Å². The Labute approximate surface area is 156 Å². The molecule has 0 fully saturated rings. The van der Waals surface area contributed by atoms with Crippen LogP contribution in [0.4, 0.5) is 0 Å². The predicted molar refractivity (Wildman–Crippen MR) is 105 cm³/mol. The van der Waals surface area contributed by atoms with E-state index < -0.39 is 6.04 Å². The van der Waals surface area contributed by atoms with Crippen molar-refractivity contribution in [1.82, 2.24) is 10.2 Å². The molecule has 2 aromatic rings. The van der Waals surface area contributed by atoms with E-state index in [0.29, 0.717) is 6.54 Å². The lowest BCUT2D eigenvalue weighted by atomic mass is 10.0. The lowest BCUT2D eigenvalue weighted by molar-refractivity contribution is -0.139. The SMILES string of the molecule is CNC(=O)[C@@H](C)N(Cc1ccc(C)cc1)C(=O)Cc1ccc(C)c(C)c1. The Morgan fingerprint density at radius 1 is 0.962 bits per heavy atom. The van der Waals surface area contributed by atoms with Crippen molar-refractivity contribution in [3.05, 3.63) is 70.3 Å². The first kappa shape index (κ1) is 19.7. The number of hydrogen-bond acceptors (Lipinski definition) is 2. The largest absolute Gasteiger partial charge is 0.357 e. The van der Waals surface area contributed by atoms with Gasteiger partial charge in [-0.3, -0.25) is 9.59 Å².